The van der Waals surface area contributed by atoms with Gasteiger partial charge in [-0.05, 0) is 38.1 Å². The first-order valence-electron chi connectivity index (χ1n) is 11.6. The molecule has 33 heavy (non-hydrogen) atoms. The Morgan fingerprint density at radius 2 is 1.76 bits per heavy atom. The number of likely N-dealkylation sites (N-methyl/N-ethyl adjacent to an activating group) is 1. The summed E-state index contributed by atoms with van der Waals surface area (Å²) in [5.41, 5.74) is 3.51. The van der Waals surface area contributed by atoms with E-state index in [4.69, 9.17) is 4.98 Å². The summed E-state index contributed by atoms with van der Waals surface area (Å²) < 4.78 is 1.49. The Kier molecular flexibility index (Phi) is 5.85. The molecule has 2 aromatic heterocycles. The second kappa shape index (κ2) is 8.94. The molecule has 172 valence electrons. The van der Waals surface area contributed by atoms with Crippen LogP contribution in [0.1, 0.15) is 12.8 Å². The smallest absolute Gasteiger partial charge is 0.264 e. The van der Waals surface area contributed by atoms with Crippen molar-refractivity contribution in [3.63, 3.8) is 0 Å². The summed E-state index contributed by atoms with van der Waals surface area (Å²) in [5, 5.41) is 0.518. The molecule has 2 fully saturated rings. The largest absolute Gasteiger partial charge is 0.369 e. The van der Waals surface area contributed by atoms with Crippen LogP contribution < -0.4 is 15.4 Å². The van der Waals surface area contributed by atoms with E-state index in [0.717, 1.165) is 63.1 Å². The molecular weight excluding hydrogens is 416 g/mol. The first-order valence-corrected chi connectivity index (χ1v) is 11.6. The molecule has 1 aromatic carbocycles. The molecule has 4 heterocycles. The van der Waals surface area contributed by atoms with Crippen molar-refractivity contribution < 1.29 is 4.79 Å². The number of aryl methyl sites for hydroxylation is 1. The van der Waals surface area contributed by atoms with E-state index in [9.17, 15) is 9.59 Å². The lowest BCUT2D eigenvalue weighted by molar-refractivity contribution is -0.111. The summed E-state index contributed by atoms with van der Waals surface area (Å²) in [6.45, 7) is 5.53. The van der Waals surface area contributed by atoms with Gasteiger partial charge in [-0.2, -0.15) is 0 Å². The molecule has 1 atom stereocenters. The number of aromatic nitrogens is 3. The third-order valence-electron chi connectivity index (χ3n) is 6.87. The second-order valence-electron chi connectivity index (χ2n) is 9.21. The van der Waals surface area contributed by atoms with Crippen molar-refractivity contribution >= 4 is 28.7 Å². The standard InChI is InChI=1S/C25H30N6O2/c1-28-10-12-30(13-11-28)20-7-5-19(6-8-20)21-14-22-23(25(33)29(2)17-26-22)24(27-21)31-9-3-4-18(15-31)16-32/h5-8,14,16-18H,3-4,9-13,15H2,1-2H3. The molecule has 0 amide bonds. The number of benzene rings is 1. The predicted molar refractivity (Wildman–Crippen MR) is 131 cm³/mol. The molecule has 0 aliphatic carbocycles. The van der Waals surface area contributed by atoms with Gasteiger partial charge in [0.15, 0.2) is 0 Å². The zero-order valence-electron chi connectivity index (χ0n) is 19.3. The third-order valence-corrected chi connectivity index (χ3v) is 6.87. The fraction of sp³-hybridized carbons (Fsp3) is 0.440. The van der Waals surface area contributed by atoms with Crippen molar-refractivity contribution in [2.24, 2.45) is 13.0 Å². The van der Waals surface area contributed by atoms with Crippen molar-refractivity contribution in [1.82, 2.24) is 19.4 Å². The van der Waals surface area contributed by atoms with Crippen LogP contribution in [0.4, 0.5) is 11.5 Å². The molecule has 5 rings (SSSR count). The fourth-order valence-corrected chi connectivity index (χ4v) is 4.80. The zero-order chi connectivity index (χ0) is 22.9. The predicted octanol–water partition coefficient (Wildman–Crippen LogP) is 2.16. The number of carbonyl (C=O) groups is 1. The SMILES string of the molecule is CN1CCN(c2ccc(-c3cc4ncn(C)c(=O)c4c(N4CCCC(C=O)C4)n3)cc2)CC1. The number of fused-ring (bicyclic) bond motifs is 1. The van der Waals surface area contributed by atoms with Gasteiger partial charge in [0.05, 0.1) is 17.5 Å². The highest BCUT2D eigenvalue weighted by Gasteiger charge is 2.24. The van der Waals surface area contributed by atoms with E-state index >= 15 is 0 Å². The Morgan fingerprint density at radius 3 is 2.48 bits per heavy atom. The van der Waals surface area contributed by atoms with Gasteiger partial charge < -0.3 is 24.1 Å². The van der Waals surface area contributed by atoms with E-state index in [-0.39, 0.29) is 11.5 Å². The lowest BCUT2D eigenvalue weighted by Gasteiger charge is -2.34. The maximum Gasteiger partial charge on any atom is 0.264 e. The molecule has 0 N–H and O–H groups in total. The van der Waals surface area contributed by atoms with Crippen molar-refractivity contribution in [3.8, 4) is 11.3 Å². The lowest BCUT2D eigenvalue weighted by Crippen LogP contribution is -2.44. The molecule has 0 spiro atoms. The van der Waals surface area contributed by atoms with Crippen LogP contribution in [0, 0.1) is 5.92 Å². The van der Waals surface area contributed by atoms with E-state index in [0.29, 0.717) is 23.3 Å². The third kappa shape index (κ3) is 4.23. The monoisotopic (exact) mass is 446 g/mol. The second-order valence-corrected chi connectivity index (χ2v) is 9.21. The number of carbonyl (C=O) groups excluding carboxylic acids is 1. The number of piperazine rings is 1. The molecule has 3 aromatic rings. The minimum Gasteiger partial charge on any atom is -0.369 e. The van der Waals surface area contributed by atoms with Gasteiger partial charge in [0, 0.05) is 63.5 Å². The normalized spacial score (nSPS) is 19.8. The molecule has 2 aliphatic rings. The van der Waals surface area contributed by atoms with Crippen LogP contribution in [0.3, 0.4) is 0 Å². The number of piperidine rings is 1. The van der Waals surface area contributed by atoms with Crippen LogP contribution in [0.5, 0.6) is 0 Å². The Morgan fingerprint density at radius 1 is 1.00 bits per heavy atom. The van der Waals surface area contributed by atoms with Gasteiger partial charge in [0.1, 0.15) is 17.5 Å². The highest BCUT2D eigenvalue weighted by molar-refractivity contribution is 5.92. The van der Waals surface area contributed by atoms with Gasteiger partial charge in [0.25, 0.3) is 5.56 Å². The quantitative estimate of drug-likeness (QED) is 0.569. The van der Waals surface area contributed by atoms with E-state index in [1.165, 1.54) is 10.3 Å². The number of aldehydes is 1. The number of hydrogen-bond acceptors (Lipinski definition) is 7. The topological polar surface area (TPSA) is 74.6 Å². The van der Waals surface area contributed by atoms with Gasteiger partial charge >= 0.3 is 0 Å². The first-order chi connectivity index (χ1) is 16.0. The molecule has 1 unspecified atom stereocenters. The molecule has 8 heteroatoms. The molecule has 2 saturated heterocycles. The van der Waals surface area contributed by atoms with Crippen LogP contribution in [-0.4, -0.2) is 72.0 Å². The fourth-order valence-electron chi connectivity index (χ4n) is 4.80. The lowest BCUT2D eigenvalue weighted by atomic mass is 9.99. The van der Waals surface area contributed by atoms with Gasteiger partial charge in [-0.15, -0.1) is 0 Å². The van der Waals surface area contributed by atoms with E-state index in [2.05, 4.69) is 51.0 Å². The first kappa shape index (κ1) is 21.6. The summed E-state index contributed by atoms with van der Waals surface area (Å²) in [5.74, 6) is 0.591. The Bertz CT molecular complexity index is 1210. The van der Waals surface area contributed by atoms with Crippen molar-refractivity contribution in [2.75, 3.05) is 56.1 Å². The minimum absolute atomic E-state index is 0.0392. The Labute approximate surface area is 193 Å². The molecule has 0 saturated carbocycles. The van der Waals surface area contributed by atoms with Gasteiger partial charge in [-0.3, -0.25) is 4.79 Å². The molecule has 0 bridgehead atoms. The summed E-state index contributed by atoms with van der Waals surface area (Å²) in [7, 11) is 3.86. The van der Waals surface area contributed by atoms with Crippen LogP contribution in [0.25, 0.3) is 22.2 Å². The highest BCUT2D eigenvalue weighted by Crippen LogP contribution is 2.31. The number of anilines is 2. The molecule has 0 radical (unpaired) electrons. The van der Waals surface area contributed by atoms with E-state index < -0.39 is 0 Å². The van der Waals surface area contributed by atoms with Crippen LogP contribution >= 0.6 is 0 Å². The molecule has 8 nitrogen and oxygen atoms in total. The number of rotatable bonds is 4. The highest BCUT2D eigenvalue weighted by atomic mass is 16.1. The minimum atomic E-state index is -0.118. The summed E-state index contributed by atoms with van der Waals surface area (Å²) in [4.78, 5) is 40.8. The van der Waals surface area contributed by atoms with Crippen molar-refractivity contribution in [3.05, 3.63) is 47.0 Å². The molecule has 2 aliphatic heterocycles. The van der Waals surface area contributed by atoms with Crippen LogP contribution in [0.15, 0.2) is 41.5 Å². The maximum atomic E-state index is 13.0. The number of pyridine rings is 1. The van der Waals surface area contributed by atoms with E-state index in [1.807, 2.05) is 6.07 Å². The van der Waals surface area contributed by atoms with E-state index in [1.54, 1.807) is 13.4 Å². The van der Waals surface area contributed by atoms with Gasteiger partial charge in [-0.1, -0.05) is 12.1 Å². The van der Waals surface area contributed by atoms with Crippen LogP contribution in [-0.2, 0) is 11.8 Å². The average Bonchev–Trinajstić information content (AvgIpc) is 2.86. The Balaban J connectivity index is 1.54. The zero-order valence-corrected chi connectivity index (χ0v) is 19.3. The number of nitrogens with zero attached hydrogens (tertiary/aromatic N) is 6. The number of hydrogen-bond donors (Lipinski definition) is 0. The van der Waals surface area contributed by atoms with Crippen molar-refractivity contribution in [2.45, 2.75) is 12.8 Å². The summed E-state index contributed by atoms with van der Waals surface area (Å²) in [6.07, 6.45) is 4.35. The maximum absolute atomic E-state index is 13.0. The summed E-state index contributed by atoms with van der Waals surface area (Å²) >= 11 is 0. The average molecular weight is 447 g/mol. The summed E-state index contributed by atoms with van der Waals surface area (Å²) in [6, 6.07) is 10.4. The van der Waals surface area contributed by atoms with Crippen LogP contribution in [0.2, 0.25) is 0 Å². The van der Waals surface area contributed by atoms with Gasteiger partial charge in [0.2, 0.25) is 0 Å². The molecular formula is C25H30N6O2. The van der Waals surface area contributed by atoms with Gasteiger partial charge in [-0.25, -0.2) is 9.97 Å². The van der Waals surface area contributed by atoms with Crippen molar-refractivity contribution in [1.29, 1.82) is 0 Å². The Hall–Kier alpha value is -3.26.